The molecule has 2 rings (SSSR count). The van der Waals surface area contributed by atoms with Crippen molar-refractivity contribution in [2.75, 3.05) is 14.2 Å². The van der Waals surface area contributed by atoms with Gasteiger partial charge >= 0.3 is 5.97 Å². The van der Waals surface area contributed by atoms with Crippen LogP contribution in [-0.4, -0.2) is 37.0 Å². The number of carbonyl (C=O) groups is 2. The fourth-order valence-corrected chi connectivity index (χ4v) is 3.08. The summed E-state index contributed by atoms with van der Waals surface area (Å²) in [6, 6.07) is 6.99. The van der Waals surface area contributed by atoms with Crippen molar-refractivity contribution in [2.45, 2.75) is 31.7 Å². The Hall–Kier alpha value is -1.55. The van der Waals surface area contributed by atoms with Gasteiger partial charge in [0, 0.05) is 23.7 Å². The molecule has 0 N–H and O–H groups in total. The Morgan fingerprint density at radius 2 is 2.10 bits per heavy atom. The van der Waals surface area contributed by atoms with Crippen LogP contribution in [0.15, 0.2) is 24.3 Å². The van der Waals surface area contributed by atoms with E-state index in [1.807, 2.05) is 0 Å². The van der Waals surface area contributed by atoms with Crippen LogP contribution in [0.4, 0.5) is 0 Å². The molecule has 4 nitrogen and oxygen atoms in total. The maximum atomic E-state index is 12.5. The molecule has 5 heteroatoms. The number of ether oxygens (including phenoxy) is 1. The first-order valence-electron chi connectivity index (χ1n) is 7.13. The first kappa shape index (κ1) is 15.8. The summed E-state index contributed by atoms with van der Waals surface area (Å²) in [6.07, 6.45) is 3.34. The molecule has 0 saturated heterocycles. The molecular formula is C16H20ClNO3. The maximum Gasteiger partial charge on any atom is 0.308 e. The van der Waals surface area contributed by atoms with E-state index in [9.17, 15) is 9.59 Å². The van der Waals surface area contributed by atoms with Crippen molar-refractivity contribution in [3.05, 3.63) is 34.9 Å². The molecule has 1 aliphatic rings. The number of hydrogen-bond acceptors (Lipinski definition) is 3. The van der Waals surface area contributed by atoms with E-state index in [1.165, 1.54) is 7.11 Å². The standard InChI is InChI=1S/C16H20ClNO3/c1-18(15(19)11-5-3-7-13(17)9-11)14-8-4-6-12(10-14)16(20)21-2/h3,5,7,9,12,14H,4,6,8,10H2,1-2H3. The van der Waals surface area contributed by atoms with Crippen molar-refractivity contribution in [3.63, 3.8) is 0 Å². The van der Waals surface area contributed by atoms with E-state index in [0.717, 1.165) is 19.3 Å². The van der Waals surface area contributed by atoms with E-state index in [4.69, 9.17) is 16.3 Å². The summed E-state index contributed by atoms with van der Waals surface area (Å²) in [4.78, 5) is 25.9. The number of esters is 1. The minimum absolute atomic E-state index is 0.0620. The first-order chi connectivity index (χ1) is 10.0. The van der Waals surface area contributed by atoms with Gasteiger partial charge in [-0.05, 0) is 37.5 Å². The molecule has 1 aliphatic carbocycles. The van der Waals surface area contributed by atoms with Gasteiger partial charge in [-0.25, -0.2) is 0 Å². The van der Waals surface area contributed by atoms with Gasteiger partial charge in [-0.3, -0.25) is 9.59 Å². The predicted octanol–water partition coefficient (Wildman–Crippen LogP) is 3.14. The van der Waals surface area contributed by atoms with Crippen LogP contribution in [0.25, 0.3) is 0 Å². The van der Waals surface area contributed by atoms with Crippen molar-refractivity contribution in [2.24, 2.45) is 5.92 Å². The smallest absolute Gasteiger partial charge is 0.308 e. The highest BCUT2D eigenvalue weighted by Gasteiger charge is 2.31. The second kappa shape index (κ2) is 6.94. The summed E-state index contributed by atoms with van der Waals surface area (Å²) < 4.78 is 4.82. The van der Waals surface area contributed by atoms with Crippen LogP contribution in [-0.2, 0) is 9.53 Å². The van der Waals surface area contributed by atoms with E-state index in [0.29, 0.717) is 17.0 Å². The molecule has 1 fully saturated rings. The highest BCUT2D eigenvalue weighted by Crippen LogP contribution is 2.29. The third-order valence-corrected chi connectivity index (χ3v) is 4.36. The van der Waals surface area contributed by atoms with Crippen LogP contribution in [0.3, 0.4) is 0 Å². The van der Waals surface area contributed by atoms with E-state index < -0.39 is 0 Å². The molecule has 0 heterocycles. The largest absolute Gasteiger partial charge is 0.469 e. The summed E-state index contributed by atoms with van der Waals surface area (Å²) in [5.74, 6) is -0.348. The zero-order valence-corrected chi connectivity index (χ0v) is 13.1. The molecule has 1 aromatic carbocycles. The molecular weight excluding hydrogens is 290 g/mol. The van der Waals surface area contributed by atoms with Crippen LogP contribution in [0.5, 0.6) is 0 Å². The molecule has 1 saturated carbocycles. The van der Waals surface area contributed by atoms with Crippen LogP contribution in [0.1, 0.15) is 36.0 Å². The van der Waals surface area contributed by atoms with Crippen LogP contribution in [0.2, 0.25) is 5.02 Å². The van der Waals surface area contributed by atoms with Gasteiger partial charge in [0.2, 0.25) is 0 Å². The molecule has 2 unspecified atom stereocenters. The van der Waals surface area contributed by atoms with Crippen LogP contribution < -0.4 is 0 Å². The lowest BCUT2D eigenvalue weighted by Crippen LogP contribution is -2.41. The van der Waals surface area contributed by atoms with Crippen molar-refractivity contribution in [3.8, 4) is 0 Å². The normalized spacial score (nSPS) is 21.7. The number of benzene rings is 1. The number of methoxy groups -OCH3 is 1. The van der Waals surface area contributed by atoms with Gasteiger partial charge < -0.3 is 9.64 Å². The lowest BCUT2D eigenvalue weighted by molar-refractivity contribution is -0.147. The average Bonchev–Trinajstić information content (AvgIpc) is 2.52. The topological polar surface area (TPSA) is 46.6 Å². The fraction of sp³-hybridized carbons (Fsp3) is 0.500. The van der Waals surface area contributed by atoms with Gasteiger partial charge in [-0.15, -0.1) is 0 Å². The summed E-state index contributed by atoms with van der Waals surface area (Å²) >= 11 is 5.93. The van der Waals surface area contributed by atoms with Crippen molar-refractivity contribution in [1.29, 1.82) is 0 Å². The molecule has 0 spiro atoms. The number of amides is 1. The van der Waals surface area contributed by atoms with Gasteiger partial charge in [0.25, 0.3) is 5.91 Å². The lowest BCUT2D eigenvalue weighted by Gasteiger charge is -2.34. The molecule has 1 aromatic rings. The summed E-state index contributed by atoms with van der Waals surface area (Å²) in [6.45, 7) is 0. The second-order valence-electron chi connectivity index (χ2n) is 5.47. The Balaban J connectivity index is 2.06. The second-order valence-corrected chi connectivity index (χ2v) is 5.90. The van der Waals surface area contributed by atoms with E-state index in [2.05, 4.69) is 0 Å². The predicted molar refractivity (Wildman–Crippen MR) is 81.3 cm³/mol. The molecule has 114 valence electrons. The SMILES string of the molecule is COC(=O)C1CCCC(N(C)C(=O)c2cccc(Cl)c2)C1. The first-order valence-corrected chi connectivity index (χ1v) is 7.51. The molecule has 0 aliphatic heterocycles. The zero-order chi connectivity index (χ0) is 15.4. The lowest BCUT2D eigenvalue weighted by atomic mass is 9.85. The number of carbonyl (C=O) groups excluding carboxylic acids is 2. The molecule has 0 radical (unpaired) electrons. The summed E-state index contributed by atoms with van der Waals surface area (Å²) in [7, 11) is 3.19. The average molecular weight is 310 g/mol. The third-order valence-electron chi connectivity index (χ3n) is 4.12. The number of halogens is 1. The minimum atomic E-state index is -0.177. The van der Waals surface area contributed by atoms with Gasteiger partial charge in [0.15, 0.2) is 0 Å². The third kappa shape index (κ3) is 3.76. The van der Waals surface area contributed by atoms with Gasteiger partial charge in [-0.2, -0.15) is 0 Å². The van der Waals surface area contributed by atoms with Gasteiger partial charge in [-0.1, -0.05) is 24.1 Å². The fourth-order valence-electron chi connectivity index (χ4n) is 2.89. The summed E-state index contributed by atoms with van der Waals surface area (Å²) in [5.41, 5.74) is 0.574. The molecule has 1 amide bonds. The van der Waals surface area contributed by atoms with E-state index in [1.54, 1.807) is 36.2 Å². The van der Waals surface area contributed by atoms with Gasteiger partial charge in [0.05, 0.1) is 13.0 Å². The Labute approximate surface area is 130 Å². The highest BCUT2D eigenvalue weighted by molar-refractivity contribution is 6.30. The number of hydrogen-bond donors (Lipinski definition) is 0. The van der Waals surface area contributed by atoms with E-state index >= 15 is 0 Å². The Morgan fingerprint density at radius 1 is 1.33 bits per heavy atom. The van der Waals surface area contributed by atoms with E-state index in [-0.39, 0.29) is 23.8 Å². The van der Waals surface area contributed by atoms with Crippen molar-refractivity contribution < 1.29 is 14.3 Å². The van der Waals surface area contributed by atoms with Crippen molar-refractivity contribution in [1.82, 2.24) is 4.90 Å². The number of rotatable bonds is 3. The maximum absolute atomic E-state index is 12.5. The van der Waals surface area contributed by atoms with Crippen LogP contribution >= 0.6 is 11.6 Å². The molecule has 2 atom stereocenters. The molecule has 0 bridgehead atoms. The Bertz CT molecular complexity index is 532. The number of nitrogens with zero attached hydrogens (tertiary/aromatic N) is 1. The highest BCUT2D eigenvalue weighted by atomic mass is 35.5. The van der Waals surface area contributed by atoms with Crippen LogP contribution in [0, 0.1) is 5.92 Å². The minimum Gasteiger partial charge on any atom is -0.469 e. The summed E-state index contributed by atoms with van der Waals surface area (Å²) in [5, 5.41) is 0.547. The molecule has 0 aromatic heterocycles. The van der Waals surface area contributed by atoms with Crippen molar-refractivity contribution >= 4 is 23.5 Å². The van der Waals surface area contributed by atoms with Gasteiger partial charge in [0.1, 0.15) is 0 Å². The molecule has 21 heavy (non-hydrogen) atoms. The zero-order valence-electron chi connectivity index (χ0n) is 12.3. The monoisotopic (exact) mass is 309 g/mol. The Morgan fingerprint density at radius 3 is 2.76 bits per heavy atom. The Kier molecular flexibility index (Phi) is 5.23. The quantitative estimate of drug-likeness (QED) is 0.806.